The summed E-state index contributed by atoms with van der Waals surface area (Å²) in [6, 6.07) is 4.46. The van der Waals surface area contributed by atoms with E-state index in [0.717, 1.165) is 23.5 Å². The van der Waals surface area contributed by atoms with Crippen molar-refractivity contribution in [3.8, 4) is 0 Å². The third-order valence-electron chi connectivity index (χ3n) is 6.93. The predicted molar refractivity (Wildman–Crippen MR) is 142 cm³/mol. The zero-order chi connectivity index (χ0) is 26.0. The largest absolute Gasteiger partial charge is 0.465 e. The monoisotopic (exact) mass is 510 g/mol. The molecule has 0 saturated carbocycles. The second-order valence-corrected chi connectivity index (χ2v) is 14.5. The summed E-state index contributed by atoms with van der Waals surface area (Å²) < 4.78 is 9.93. The van der Waals surface area contributed by atoms with Gasteiger partial charge in [0.05, 0.1) is 14.2 Å². The molecular weight excluding hydrogens is 471 g/mol. The SMILES string of the molecule is COC(=O)C(=O)C(C(=O)OC)=P1(c2c(C(C)C)cc(C(C)C)cc2C(C)C)CCC(Cl)C(C)C1. The van der Waals surface area contributed by atoms with E-state index in [1.54, 1.807) is 0 Å². The molecule has 5 nitrogen and oxygen atoms in total. The van der Waals surface area contributed by atoms with Crippen LogP contribution in [0.25, 0.3) is 0 Å². The van der Waals surface area contributed by atoms with Crippen LogP contribution in [0.3, 0.4) is 0 Å². The smallest absolute Gasteiger partial charge is 0.379 e. The first-order chi connectivity index (χ1) is 15.8. The Labute approximate surface area is 209 Å². The molecule has 1 heterocycles. The zero-order valence-electron chi connectivity index (χ0n) is 22.0. The van der Waals surface area contributed by atoms with Crippen LogP contribution in [0.1, 0.15) is 89.3 Å². The van der Waals surface area contributed by atoms with Gasteiger partial charge < -0.3 is 9.47 Å². The lowest BCUT2D eigenvalue weighted by Gasteiger charge is -2.42. The molecule has 0 spiro atoms. The lowest BCUT2D eigenvalue weighted by atomic mass is 9.89. The number of methoxy groups -OCH3 is 2. The summed E-state index contributed by atoms with van der Waals surface area (Å²) in [5.74, 6) is -1.92. The Bertz CT molecular complexity index is 979. The highest BCUT2D eigenvalue weighted by Crippen LogP contribution is 2.58. The van der Waals surface area contributed by atoms with Crippen molar-refractivity contribution in [3.05, 3.63) is 28.8 Å². The van der Waals surface area contributed by atoms with Crippen LogP contribution in [-0.4, -0.2) is 54.9 Å². The standard InChI is InChI=1S/C27H40ClO5P/c1-15(2)19-12-20(16(3)4)24(21(13-19)17(5)6)34(11-10-22(28)18(7)14-34)25(27(31)33-9)23(29)26(30)32-8/h12-13,15-18,22H,10-11,14H2,1-9H3. The Kier molecular flexibility index (Phi) is 9.64. The molecule has 1 aliphatic rings. The zero-order valence-corrected chi connectivity index (χ0v) is 23.7. The number of carbonyl (C=O) groups excluding carboxylic acids is 3. The van der Waals surface area contributed by atoms with Crippen LogP contribution in [0.4, 0.5) is 0 Å². The van der Waals surface area contributed by atoms with Crippen LogP contribution in [0.5, 0.6) is 0 Å². The highest BCUT2D eigenvalue weighted by Gasteiger charge is 2.44. The number of Topliss-reactive ketones (excluding diaryl/α,β-unsaturated/α-hetero) is 1. The molecule has 1 saturated heterocycles. The molecule has 7 heteroatoms. The molecule has 34 heavy (non-hydrogen) atoms. The predicted octanol–water partition coefficient (Wildman–Crippen LogP) is 5.43. The average molecular weight is 511 g/mol. The molecule has 0 aliphatic carbocycles. The second kappa shape index (κ2) is 11.4. The molecule has 1 fully saturated rings. The van der Waals surface area contributed by atoms with Crippen molar-refractivity contribution in [2.45, 2.75) is 78.0 Å². The van der Waals surface area contributed by atoms with E-state index in [1.807, 2.05) is 0 Å². The maximum absolute atomic E-state index is 13.5. The van der Waals surface area contributed by atoms with Gasteiger partial charge in [-0.15, -0.1) is 11.6 Å². The summed E-state index contributed by atoms with van der Waals surface area (Å²) in [7, 11) is 2.42. The van der Waals surface area contributed by atoms with Crippen LogP contribution in [-0.2, 0) is 23.9 Å². The number of hydrogen-bond donors (Lipinski definition) is 0. The molecule has 0 radical (unpaired) electrons. The van der Waals surface area contributed by atoms with Gasteiger partial charge in [-0.1, -0.05) is 67.5 Å². The number of esters is 2. The molecule has 3 unspecified atom stereocenters. The number of hydrogen-bond acceptors (Lipinski definition) is 5. The third-order valence-corrected chi connectivity index (χ3v) is 12.4. The van der Waals surface area contributed by atoms with Crippen molar-refractivity contribution >= 4 is 46.8 Å². The second-order valence-electron chi connectivity index (χ2n) is 10.3. The first kappa shape index (κ1) is 28.7. The maximum Gasteiger partial charge on any atom is 0.379 e. The molecule has 1 aromatic carbocycles. The minimum atomic E-state index is -2.67. The van der Waals surface area contributed by atoms with E-state index in [1.165, 1.54) is 12.7 Å². The van der Waals surface area contributed by atoms with Crippen molar-refractivity contribution in [1.82, 2.24) is 0 Å². The van der Waals surface area contributed by atoms with Gasteiger partial charge in [-0.3, -0.25) is 4.79 Å². The van der Waals surface area contributed by atoms with E-state index >= 15 is 0 Å². The van der Waals surface area contributed by atoms with Gasteiger partial charge in [0.2, 0.25) is 0 Å². The minimum absolute atomic E-state index is 0.0293. The third kappa shape index (κ3) is 5.46. The Morgan fingerprint density at radius 2 is 1.41 bits per heavy atom. The molecule has 0 N–H and O–H groups in total. The van der Waals surface area contributed by atoms with Crippen molar-refractivity contribution in [3.63, 3.8) is 0 Å². The highest BCUT2D eigenvalue weighted by atomic mass is 35.5. The van der Waals surface area contributed by atoms with E-state index in [0.29, 0.717) is 24.7 Å². The highest BCUT2D eigenvalue weighted by molar-refractivity contribution is 7.86. The summed E-state index contributed by atoms with van der Waals surface area (Å²) in [5, 5.41) is 0.994. The van der Waals surface area contributed by atoms with Gasteiger partial charge in [-0.05, 0) is 64.4 Å². The summed E-state index contributed by atoms with van der Waals surface area (Å²) in [6.45, 7) is 12.3. The van der Waals surface area contributed by atoms with Crippen molar-refractivity contribution in [1.29, 1.82) is 0 Å². The van der Waals surface area contributed by atoms with Gasteiger partial charge in [0.25, 0.3) is 5.78 Å². The molecule has 2 rings (SSSR count). The van der Waals surface area contributed by atoms with Crippen molar-refractivity contribution < 1.29 is 23.9 Å². The molecule has 0 amide bonds. The van der Waals surface area contributed by atoms with E-state index < -0.39 is 24.6 Å². The van der Waals surface area contributed by atoms with Gasteiger partial charge in [-0.2, -0.15) is 0 Å². The quantitative estimate of drug-likeness (QED) is 0.161. The summed E-state index contributed by atoms with van der Waals surface area (Å²) in [6.07, 6.45) is 1.82. The number of benzene rings is 1. The Balaban J connectivity index is 3.21. The first-order valence-electron chi connectivity index (χ1n) is 12.1. The topological polar surface area (TPSA) is 69.7 Å². The Morgan fingerprint density at radius 1 is 0.912 bits per heavy atom. The van der Waals surface area contributed by atoms with E-state index in [-0.39, 0.29) is 28.4 Å². The van der Waals surface area contributed by atoms with Gasteiger partial charge in [0.1, 0.15) is 5.29 Å². The van der Waals surface area contributed by atoms with Crippen LogP contribution in [0.2, 0.25) is 0 Å². The lowest BCUT2D eigenvalue weighted by Crippen LogP contribution is -2.41. The molecule has 1 aliphatic heterocycles. The summed E-state index contributed by atoms with van der Waals surface area (Å²) >= 11 is 6.66. The van der Waals surface area contributed by atoms with E-state index in [4.69, 9.17) is 21.1 Å². The maximum atomic E-state index is 13.5. The van der Waals surface area contributed by atoms with Crippen LogP contribution in [0.15, 0.2) is 12.1 Å². The number of carbonyl (C=O) groups is 3. The van der Waals surface area contributed by atoms with Crippen molar-refractivity contribution in [2.75, 3.05) is 26.5 Å². The van der Waals surface area contributed by atoms with Crippen molar-refractivity contribution in [2.24, 2.45) is 5.92 Å². The number of halogens is 1. The number of alkyl halides is 1. The van der Waals surface area contributed by atoms with E-state index in [9.17, 15) is 14.4 Å². The average Bonchev–Trinajstić information content (AvgIpc) is 2.79. The fourth-order valence-corrected chi connectivity index (χ4v) is 11.2. The van der Waals surface area contributed by atoms with Gasteiger partial charge in [-0.25, -0.2) is 9.59 Å². The van der Waals surface area contributed by atoms with Crippen LogP contribution < -0.4 is 5.30 Å². The fourth-order valence-electron chi connectivity index (χ4n) is 5.00. The van der Waals surface area contributed by atoms with Crippen LogP contribution in [0, 0.1) is 5.92 Å². The van der Waals surface area contributed by atoms with Gasteiger partial charge >= 0.3 is 11.9 Å². The Hall–Kier alpha value is -1.58. The normalized spacial score (nSPS) is 22.7. The van der Waals surface area contributed by atoms with Gasteiger partial charge in [0, 0.05) is 5.38 Å². The fraction of sp³-hybridized carbons (Fsp3) is 0.630. The first-order valence-corrected chi connectivity index (χ1v) is 14.7. The molecule has 1 aromatic rings. The molecule has 0 bridgehead atoms. The lowest BCUT2D eigenvalue weighted by molar-refractivity contribution is -0.149. The van der Waals surface area contributed by atoms with Crippen LogP contribution >= 0.6 is 18.5 Å². The minimum Gasteiger partial charge on any atom is -0.465 e. The summed E-state index contributed by atoms with van der Waals surface area (Å²) in [4.78, 5) is 39.3. The molecular formula is C27H40ClO5P. The van der Waals surface area contributed by atoms with Gasteiger partial charge in [0.15, 0.2) is 0 Å². The number of ether oxygens (including phenoxy) is 2. The molecule has 3 atom stereocenters. The summed E-state index contributed by atoms with van der Waals surface area (Å²) in [5.41, 5.74) is 3.51. The molecule has 0 aromatic heterocycles. The number of ketones is 1. The Morgan fingerprint density at radius 3 is 1.79 bits per heavy atom. The number of rotatable bonds is 7. The van der Waals surface area contributed by atoms with E-state index in [2.05, 4.69) is 60.6 Å². The molecule has 190 valence electrons.